The first-order valence-electron chi connectivity index (χ1n) is 7.91. The van der Waals surface area contributed by atoms with Crippen LogP contribution in [0.5, 0.6) is 5.75 Å². The molecule has 8 nitrogen and oxygen atoms in total. The van der Waals surface area contributed by atoms with Gasteiger partial charge in [-0.2, -0.15) is 4.98 Å². The molecule has 0 spiro atoms. The van der Waals surface area contributed by atoms with Gasteiger partial charge in [0.2, 0.25) is 11.7 Å². The Labute approximate surface area is 153 Å². The second kappa shape index (κ2) is 6.72. The van der Waals surface area contributed by atoms with Crippen molar-refractivity contribution in [1.29, 1.82) is 0 Å². The van der Waals surface area contributed by atoms with E-state index in [9.17, 15) is 4.79 Å². The number of halogens is 1. The number of likely N-dealkylation sites (tertiary alicyclic amines) is 1. The molecule has 0 unspecified atom stereocenters. The molecular formula is C17H15ClN4O4. The Bertz CT molecular complexity index is 919. The Morgan fingerprint density at radius 3 is 2.96 bits per heavy atom. The number of ether oxygens (including phenoxy) is 1. The molecule has 1 aliphatic heterocycles. The summed E-state index contributed by atoms with van der Waals surface area (Å²) >= 11 is 5.98. The molecule has 26 heavy (non-hydrogen) atoms. The number of rotatable bonds is 4. The molecule has 1 fully saturated rings. The predicted octanol–water partition coefficient (Wildman–Crippen LogP) is 3.62. The summed E-state index contributed by atoms with van der Waals surface area (Å²) in [6.45, 7) is 0.961. The normalized spacial score (nSPS) is 14.2. The third-order valence-corrected chi connectivity index (χ3v) is 4.34. The molecule has 1 N–H and O–H groups in total. The molecule has 4 rings (SSSR count). The molecule has 1 aliphatic rings. The van der Waals surface area contributed by atoms with Gasteiger partial charge in [-0.05, 0) is 30.3 Å². The molecule has 2 aromatic heterocycles. The zero-order valence-electron chi connectivity index (χ0n) is 13.8. The van der Waals surface area contributed by atoms with Crippen molar-refractivity contribution in [2.24, 2.45) is 0 Å². The second-order valence-corrected chi connectivity index (χ2v) is 6.25. The number of nitrogens with one attached hydrogen (secondary N) is 1. The summed E-state index contributed by atoms with van der Waals surface area (Å²) in [5, 5.41) is 7.21. The summed E-state index contributed by atoms with van der Waals surface area (Å²) in [5.41, 5.74) is 0.520. The number of urea groups is 1. The number of carbonyl (C=O) groups excluding carboxylic acids is 1. The van der Waals surface area contributed by atoms with Gasteiger partial charge in [-0.15, -0.1) is 0 Å². The summed E-state index contributed by atoms with van der Waals surface area (Å²) < 4.78 is 15.7. The van der Waals surface area contributed by atoms with E-state index in [1.807, 2.05) is 0 Å². The Balaban J connectivity index is 1.37. The standard InChI is InChI=1S/C17H15ClN4O4/c1-24-13-5-4-11(18)7-12(13)19-17(23)22-8-10(9-22)16-20-15(21-26-16)14-3-2-6-25-14/h2-7,10H,8-9H2,1H3,(H,19,23). The van der Waals surface area contributed by atoms with Crippen LogP contribution >= 0.6 is 11.6 Å². The van der Waals surface area contributed by atoms with E-state index in [0.717, 1.165) is 0 Å². The minimum absolute atomic E-state index is 0.00165. The molecule has 9 heteroatoms. The summed E-state index contributed by atoms with van der Waals surface area (Å²) in [4.78, 5) is 18.3. The molecule has 0 radical (unpaired) electrons. The average molecular weight is 375 g/mol. The van der Waals surface area contributed by atoms with Crippen molar-refractivity contribution in [3.8, 4) is 17.3 Å². The molecule has 134 valence electrons. The SMILES string of the molecule is COc1ccc(Cl)cc1NC(=O)N1CC(c2nc(-c3ccco3)no2)C1. The lowest BCUT2D eigenvalue weighted by atomic mass is 10.0. The van der Waals surface area contributed by atoms with E-state index in [1.165, 1.54) is 7.11 Å². The fourth-order valence-electron chi connectivity index (χ4n) is 2.68. The molecule has 0 atom stereocenters. The summed E-state index contributed by atoms with van der Waals surface area (Å²) in [7, 11) is 1.53. The van der Waals surface area contributed by atoms with Crippen LogP contribution in [0.3, 0.4) is 0 Å². The number of amides is 2. The van der Waals surface area contributed by atoms with Gasteiger partial charge in [-0.25, -0.2) is 4.79 Å². The number of hydrogen-bond acceptors (Lipinski definition) is 6. The van der Waals surface area contributed by atoms with Crippen LogP contribution in [-0.2, 0) is 0 Å². The summed E-state index contributed by atoms with van der Waals surface area (Å²) in [6, 6.07) is 8.31. The summed E-state index contributed by atoms with van der Waals surface area (Å²) in [5.74, 6) is 1.97. The molecule has 1 saturated heterocycles. The Kier molecular flexibility index (Phi) is 4.26. The van der Waals surface area contributed by atoms with Gasteiger partial charge >= 0.3 is 6.03 Å². The predicted molar refractivity (Wildman–Crippen MR) is 93.3 cm³/mol. The molecule has 0 aliphatic carbocycles. The van der Waals surface area contributed by atoms with Crippen molar-refractivity contribution in [2.75, 3.05) is 25.5 Å². The third-order valence-electron chi connectivity index (χ3n) is 4.10. The van der Waals surface area contributed by atoms with Crippen LogP contribution in [0, 0.1) is 0 Å². The van der Waals surface area contributed by atoms with E-state index in [0.29, 0.717) is 47.0 Å². The number of aromatic nitrogens is 2. The van der Waals surface area contributed by atoms with Crippen LogP contribution in [0.15, 0.2) is 45.5 Å². The van der Waals surface area contributed by atoms with Crippen LogP contribution in [-0.4, -0.2) is 41.3 Å². The molecule has 2 amide bonds. The highest BCUT2D eigenvalue weighted by Gasteiger charge is 2.36. The van der Waals surface area contributed by atoms with Crippen molar-refractivity contribution in [3.63, 3.8) is 0 Å². The van der Waals surface area contributed by atoms with Crippen LogP contribution in [0.25, 0.3) is 11.6 Å². The number of nitrogens with zero attached hydrogens (tertiary/aromatic N) is 3. The van der Waals surface area contributed by atoms with E-state index in [4.69, 9.17) is 25.3 Å². The zero-order chi connectivity index (χ0) is 18.1. The van der Waals surface area contributed by atoms with Crippen LogP contribution in [0.2, 0.25) is 5.02 Å². The highest BCUT2D eigenvalue weighted by atomic mass is 35.5. The topological polar surface area (TPSA) is 93.6 Å². The van der Waals surface area contributed by atoms with Gasteiger partial charge in [-0.1, -0.05) is 16.8 Å². The zero-order valence-corrected chi connectivity index (χ0v) is 14.6. The second-order valence-electron chi connectivity index (χ2n) is 5.81. The maximum Gasteiger partial charge on any atom is 0.321 e. The number of hydrogen-bond donors (Lipinski definition) is 1. The Morgan fingerprint density at radius 2 is 2.23 bits per heavy atom. The lowest BCUT2D eigenvalue weighted by molar-refractivity contribution is 0.147. The van der Waals surface area contributed by atoms with Gasteiger partial charge in [0.25, 0.3) is 0 Å². The molecular weight excluding hydrogens is 360 g/mol. The van der Waals surface area contributed by atoms with E-state index in [2.05, 4.69) is 15.5 Å². The van der Waals surface area contributed by atoms with Gasteiger partial charge in [0.1, 0.15) is 5.75 Å². The van der Waals surface area contributed by atoms with E-state index in [-0.39, 0.29) is 11.9 Å². The van der Waals surface area contributed by atoms with E-state index in [1.54, 1.807) is 41.5 Å². The van der Waals surface area contributed by atoms with Crippen LogP contribution in [0.4, 0.5) is 10.5 Å². The molecule has 3 heterocycles. The van der Waals surface area contributed by atoms with Crippen molar-refractivity contribution in [3.05, 3.63) is 47.5 Å². The maximum absolute atomic E-state index is 12.4. The van der Waals surface area contributed by atoms with Gasteiger partial charge in [0, 0.05) is 18.1 Å². The first-order valence-corrected chi connectivity index (χ1v) is 8.29. The smallest absolute Gasteiger partial charge is 0.321 e. The molecule has 0 bridgehead atoms. The molecule has 0 saturated carbocycles. The first kappa shape index (κ1) is 16.5. The van der Waals surface area contributed by atoms with Crippen molar-refractivity contribution < 1.29 is 18.5 Å². The average Bonchev–Trinajstić information content (AvgIpc) is 3.25. The number of methoxy groups -OCH3 is 1. The largest absolute Gasteiger partial charge is 0.495 e. The monoisotopic (exact) mass is 374 g/mol. The Morgan fingerprint density at radius 1 is 1.38 bits per heavy atom. The molecule has 1 aromatic carbocycles. The minimum atomic E-state index is -0.243. The minimum Gasteiger partial charge on any atom is -0.495 e. The van der Waals surface area contributed by atoms with Crippen molar-refractivity contribution in [2.45, 2.75) is 5.92 Å². The fraction of sp³-hybridized carbons (Fsp3) is 0.235. The van der Waals surface area contributed by atoms with Gasteiger partial charge in [-0.3, -0.25) is 0 Å². The van der Waals surface area contributed by atoms with Crippen LogP contribution < -0.4 is 10.1 Å². The number of carbonyl (C=O) groups is 1. The van der Waals surface area contributed by atoms with Crippen molar-refractivity contribution in [1.82, 2.24) is 15.0 Å². The van der Waals surface area contributed by atoms with Crippen molar-refractivity contribution >= 4 is 23.3 Å². The van der Waals surface area contributed by atoms with Crippen LogP contribution in [0.1, 0.15) is 11.8 Å². The highest BCUT2D eigenvalue weighted by molar-refractivity contribution is 6.31. The van der Waals surface area contributed by atoms with Gasteiger partial charge < -0.3 is 23.9 Å². The van der Waals surface area contributed by atoms with E-state index < -0.39 is 0 Å². The molecule has 3 aromatic rings. The number of benzene rings is 1. The fourth-order valence-corrected chi connectivity index (χ4v) is 2.85. The van der Waals surface area contributed by atoms with Gasteiger partial charge in [0.05, 0.1) is 25.0 Å². The lowest BCUT2D eigenvalue weighted by Gasteiger charge is -2.36. The quantitative estimate of drug-likeness (QED) is 0.749. The third kappa shape index (κ3) is 3.11. The Hall–Kier alpha value is -3.00. The summed E-state index contributed by atoms with van der Waals surface area (Å²) in [6.07, 6.45) is 1.55. The van der Waals surface area contributed by atoms with E-state index >= 15 is 0 Å². The lowest BCUT2D eigenvalue weighted by Crippen LogP contribution is -2.50. The number of furan rings is 1. The first-order chi connectivity index (χ1) is 12.6. The number of anilines is 1. The van der Waals surface area contributed by atoms with Gasteiger partial charge in [0.15, 0.2) is 5.76 Å². The maximum atomic E-state index is 12.4. The highest BCUT2D eigenvalue weighted by Crippen LogP contribution is 2.31.